The molecule has 0 amide bonds. The molecule has 18 heavy (non-hydrogen) atoms. The minimum absolute atomic E-state index is 0.246. The Labute approximate surface area is 111 Å². The van der Waals surface area contributed by atoms with Gasteiger partial charge in [-0.3, -0.25) is 9.59 Å². The molecular formula is C15H28O3. The minimum Gasteiger partial charge on any atom is -0.381 e. The van der Waals surface area contributed by atoms with Crippen molar-refractivity contribution in [3.63, 3.8) is 0 Å². The van der Waals surface area contributed by atoms with Crippen LogP contribution in [-0.4, -0.2) is 24.8 Å². The molecule has 0 saturated carbocycles. The fourth-order valence-electron chi connectivity index (χ4n) is 1.61. The molecule has 0 rings (SSSR count). The van der Waals surface area contributed by atoms with Gasteiger partial charge in [-0.05, 0) is 18.3 Å². The Morgan fingerprint density at radius 1 is 0.833 bits per heavy atom. The van der Waals surface area contributed by atoms with Crippen molar-refractivity contribution in [2.24, 2.45) is 11.8 Å². The van der Waals surface area contributed by atoms with Gasteiger partial charge in [-0.25, -0.2) is 0 Å². The van der Waals surface area contributed by atoms with E-state index in [1.807, 2.05) is 13.8 Å². The molecule has 0 heterocycles. The van der Waals surface area contributed by atoms with Crippen molar-refractivity contribution in [3.8, 4) is 0 Å². The van der Waals surface area contributed by atoms with E-state index >= 15 is 0 Å². The molecule has 0 aliphatic heterocycles. The normalized spacial score (nSPS) is 11.2. The smallest absolute Gasteiger partial charge is 0.135 e. The van der Waals surface area contributed by atoms with E-state index in [-0.39, 0.29) is 11.6 Å². The molecule has 106 valence electrons. The predicted octanol–water partition coefficient (Wildman–Crippen LogP) is 3.40. The highest BCUT2D eigenvalue weighted by Gasteiger charge is 2.06. The van der Waals surface area contributed by atoms with Gasteiger partial charge in [0.2, 0.25) is 0 Å². The monoisotopic (exact) mass is 256 g/mol. The molecule has 0 bridgehead atoms. The van der Waals surface area contributed by atoms with Crippen LogP contribution in [0.5, 0.6) is 0 Å². The SMILES string of the molecule is CC(C)CCC(=O)CCOCCC(=O)CC(C)C. The Kier molecular flexibility index (Phi) is 9.85. The summed E-state index contributed by atoms with van der Waals surface area (Å²) < 4.78 is 5.32. The maximum absolute atomic E-state index is 11.4. The summed E-state index contributed by atoms with van der Waals surface area (Å²) in [6.45, 7) is 9.20. The molecule has 0 aromatic rings. The lowest BCUT2D eigenvalue weighted by atomic mass is 10.0. The maximum Gasteiger partial charge on any atom is 0.135 e. The van der Waals surface area contributed by atoms with Crippen LogP contribution in [0.2, 0.25) is 0 Å². The first-order chi connectivity index (χ1) is 8.41. The quantitative estimate of drug-likeness (QED) is 0.532. The van der Waals surface area contributed by atoms with Crippen molar-refractivity contribution < 1.29 is 14.3 Å². The Balaban J connectivity index is 3.40. The van der Waals surface area contributed by atoms with E-state index in [4.69, 9.17) is 4.74 Å². The second-order valence-electron chi connectivity index (χ2n) is 5.72. The van der Waals surface area contributed by atoms with E-state index < -0.39 is 0 Å². The molecule has 0 aliphatic carbocycles. The molecule has 0 radical (unpaired) electrons. The molecular weight excluding hydrogens is 228 g/mol. The molecule has 0 saturated heterocycles. The van der Waals surface area contributed by atoms with Crippen LogP contribution in [0, 0.1) is 11.8 Å². The lowest BCUT2D eigenvalue weighted by molar-refractivity contribution is -0.121. The van der Waals surface area contributed by atoms with Crippen LogP contribution in [-0.2, 0) is 14.3 Å². The molecule has 0 atom stereocenters. The second kappa shape index (κ2) is 10.2. The van der Waals surface area contributed by atoms with Crippen molar-refractivity contribution >= 4 is 11.6 Å². The Hall–Kier alpha value is -0.700. The first kappa shape index (κ1) is 17.3. The van der Waals surface area contributed by atoms with Crippen LogP contribution in [0.25, 0.3) is 0 Å². The van der Waals surface area contributed by atoms with Gasteiger partial charge in [0.05, 0.1) is 13.2 Å². The van der Waals surface area contributed by atoms with Gasteiger partial charge in [0, 0.05) is 25.7 Å². The number of ether oxygens (including phenoxy) is 1. The highest BCUT2D eigenvalue weighted by molar-refractivity contribution is 5.79. The summed E-state index contributed by atoms with van der Waals surface area (Å²) in [4.78, 5) is 22.8. The number of ketones is 2. The van der Waals surface area contributed by atoms with Gasteiger partial charge in [-0.1, -0.05) is 27.7 Å². The first-order valence-electron chi connectivity index (χ1n) is 7.03. The van der Waals surface area contributed by atoms with Gasteiger partial charge >= 0.3 is 0 Å². The zero-order chi connectivity index (χ0) is 14.0. The van der Waals surface area contributed by atoms with Crippen molar-refractivity contribution in [2.45, 2.75) is 59.8 Å². The third-order valence-corrected chi connectivity index (χ3v) is 2.69. The molecule has 0 N–H and O–H groups in total. The third-order valence-electron chi connectivity index (χ3n) is 2.69. The Morgan fingerprint density at radius 3 is 1.89 bits per heavy atom. The van der Waals surface area contributed by atoms with E-state index in [0.717, 1.165) is 6.42 Å². The average Bonchev–Trinajstić information content (AvgIpc) is 2.24. The lowest BCUT2D eigenvalue weighted by Gasteiger charge is -2.06. The van der Waals surface area contributed by atoms with E-state index in [0.29, 0.717) is 50.7 Å². The fraction of sp³-hybridized carbons (Fsp3) is 0.867. The maximum atomic E-state index is 11.4. The largest absolute Gasteiger partial charge is 0.381 e. The zero-order valence-electron chi connectivity index (χ0n) is 12.3. The van der Waals surface area contributed by atoms with E-state index in [1.54, 1.807) is 0 Å². The van der Waals surface area contributed by atoms with E-state index in [9.17, 15) is 9.59 Å². The summed E-state index contributed by atoms with van der Waals surface area (Å²) in [6.07, 6.45) is 3.17. The van der Waals surface area contributed by atoms with Gasteiger partial charge in [0.15, 0.2) is 0 Å². The van der Waals surface area contributed by atoms with Crippen LogP contribution in [0.1, 0.15) is 59.8 Å². The van der Waals surface area contributed by atoms with Crippen LogP contribution in [0.15, 0.2) is 0 Å². The summed E-state index contributed by atoms with van der Waals surface area (Å²) in [6, 6.07) is 0. The molecule has 0 aliphatic rings. The lowest BCUT2D eigenvalue weighted by Crippen LogP contribution is -2.10. The van der Waals surface area contributed by atoms with Crippen molar-refractivity contribution in [2.75, 3.05) is 13.2 Å². The second-order valence-corrected chi connectivity index (χ2v) is 5.72. The van der Waals surface area contributed by atoms with Crippen LogP contribution in [0.4, 0.5) is 0 Å². The third kappa shape index (κ3) is 11.8. The summed E-state index contributed by atoms with van der Waals surface area (Å²) >= 11 is 0. The molecule has 3 nitrogen and oxygen atoms in total. The predicted molar refractivity (Wildman–Crippen MR) is 73.6 cm³/mol. The van der Waals surface area contributed by atoms with Crippen molar-refractivity contribution in [1.82, 2.24) is 0 Å². The highest BCUT2D eigenvalue weighted by Crippen LogP contribution is 2.06. The molecule has 0 unspecified atom stereocenters. The number of rotatable bonds is 11. The molecule has 0 aromatic carbocycles. The highest BCUT2D eigenvalue weighted by atomic mass is 16.5. The number of carbonyl (C=O) groups excluding carboxylic acids is 2. The summed E-state index contributed by atoms with van der Waals surface area (Å²) in [5.74, 6) is 1.49. The summed E-state index contributed by atoms with van der Waals surface area (Å²) in [5.41, 5.74) is 0. The van der Waals surface area contributed by atoms with Gasteiger partial charge in [0.1, 0.15) is 11.6 Å². The molecule has 0 spiro atoms. The fourth-order valence-corrected chi connectivity index (χ4v) is 1.61. The van der Waals surface area contributed by atoms with Crippen molar-refractivity contribution in [1.29, 1.82) is 0 Å². The zero-order valence-corrected chi connectivity index (χ0v) is 12.3. The number of carbonyl (C=O) groups is 2. The first-order valence-corrected chi connectivity index (χ1v) is 7.03. The topological polar surface area (TPSA) is 43.4 Å². The van der Waals surface area contributed by atoms with Crippen LogP contribution < -0.4 is 0 Å². The van der Waals surface area contributed by atoms with Crippen molar-refractivity contribution in [3.05, 3.63) is 0 Å². The Bertz CT molecular complexity index is 244. The van der Waals surface area contributed by atoms with Gasteiger partial charge in [-0.2, -0.15) is 0 Å². The summed E-state index contributed by atoms with van der Waals surface area (Å²) in [5, 5.41) is 0. The number of hydrogen-bond acceptors (Lipinski definition) is 3. The van der Waals surface area contributed by atoms with Gasteiger partial charge in [0.25, 0.3) is 0 Å². The standard InChI is InChI=1S/C15H28O3/c1-12(2)5-6-14(16)7-9-18-10-8-15(17)11-13(3)4/h12-13H,5-11H2,1-4H3. The Morgan fingerprint density at radius 2 is 1.39 bits per heavy atom. The van der Waals surface area contributed by atoms with Crippen LogP contribution >= 0.6 is 0 Å². The summed E-state index contributed by atoms with van der Waals surface area (Å²) in [7, 11) is 0. The van der Waals surface area contributed by atoms with E-state index in [1.165, 1.54) is 0 Å². The molecule has 0 fully saturated rings. The van der Waals surface area contributed by atoms with Crippen LogP contribution in [0.3, 0.4) is 0 Å². The van der Waals surface area contributed by atoms with Gasteiger partial charge < -0.3 is 4.74 Å². The molecule has 3 heteroatoms. The average molecular weight is 256 g/mol. The molecule has 0 aromatic heterocycles. The number of Topliss-reactive ketones (excluding diaryl/α,β-unsaturated/α-hetero) is 2. The van der Waals surface area contributed by atoms with Gasteiger partial charge in [-0.15, -0.1) is 0 Å². The number of hydrogen-bond donors (Lipinski definition) is 0. The minimum atomic E-state index is 0.246. The van der Waals surface area contributed by atoms with E-state index in [2.05, 4.69) is 13.8 Å².